The molecule has 1 aromatic heterocycles. The van der Waals surface area contributed by atoms with Crippen molar-refractivity contribution in [2.45, 2.75) is 77.4 Å². The van der Waals surface area contributed by atoms with Crippen LogP contribution in [0.1, 0.15) is 75.8 Å². The van der Waals surface area contributed by atoms with Crippen LogP contribution in [0.3, 0.4) is 0 Å². The van der Waals surface area contributed by atoms with Gasteiger partial charge in [0, 0.05) is 17.5 Å². The maximum Gasteiger partial charge on any atom is 0.275 e. The van der Waals surface area contributed by atoms with Crippen LogP contribution in [0.2, 0.25) is 0 Å². The van der Waals surface area contributed by atoms with Crippen LogP contribution in [-0.2, 0) is 0 Å². The lowest BCUT2D eigenvalue weighted by molar-refractivity contribution is 0.0586. The van der Waals surface area contributed by atoms with Gasteiger partial charge in [-0.3, -0.25) is 9.59 Å². The number of rotatable bonds is 4. The largest absolute Gasteiger partial charge is 0.331 e. The van der Waals surface area contributed by atoms with Crippen molar-refractivity contribution in [2.24, 2.45) is 5.92 Å². The van der Waals surface area contributed by atoms with Gasteiger partial charge in [0.1, 0.15) is 0 Å². The van der Waals surface area contributed by atoms with E-state index >= 15 is 0 Å². The molecule has 4 rings (SSSR count). The molecule has 2 aliphatic carbocycles. The maximum atomic E-state index is 13.7. The second-order valence-electron chi connectivity index (χ2n) is 8.59. The third-order valence-corrected chi connectivity index (χ3v) is 6.07. The van der Waals surface area contributed by atoms with E-state index in [1.807, 2.05) is 32.0 Å². The number of benzene rings is 1. The highest BCUT2D eigenvalue weighted by Crippen LogP contribution is 2.36. The Balaban J connectivity index is 1.79. The van der Waals surface area contributed by atoms with Crippen LogP contribution in [-0.4, -0.2) is 32.7 Å². The number of hydrogen-bond donors (Lipinski definition) is 0. The smallest absolute Gasteiger partial charge is 0.275 e. The second kappa shape index (κ2) is 7.10. The summed E-state index contributed by atoms with van der Waals surface area (Å²) in [6.07, 6.45) is 6.68. The molecule has 27 heavy (non-hydrogen) atoms. The van der Waals surface area contributed by atoms with Crippen molar-refractivity contribution >= 4 is 16.7 Å². The fourth-order valence-corrected chi connectivity index (χ4v) is 4.34. The normalized spacial score (nSPS) is 23.0. The molecule has 0 radical (unpaired) electrons. The van der Waals surface area contributed by atoms with Crippen LogP contribution < -0.4 is 5.56 Å². The minimum absolute atomic E-state index is 0.00246. The van der Waals surface area contributed by atoms with E-state index in [4.69, 9.17) is 0 Å². The van der Waals surface area contributed by atoms with Gasteiger partial charge in [-0.2, -0.15) is 5.10 Å². The van der Waals surface area contributed by atoms with E-state index in [1.165, 1.54) is 17.5 Å². The van der Waals surface area contributed by atoms with Crippen molar-refractivity contribution in [1.82, 2.24) is 14.7 Å². The summed E-state index contributed by atoms with van der Waals surface area (Å²) in [5, 5.41) is 5.81. The highest BCUT2D eigenvalue weighted by atomic mass is 16.2. The molecule has 0 aliphatic heterocycles. The standard InChI is InChI=1S/C22H29N3O2/c1-14(2)25-21(26)19-7-5-4-6-18(19)20(23-25)22(27)24(17-12-13-17)16-10-8-15(3)9-11-16/h4-7,14-17H,8-13H2,1-3H3. The Morgan fingerprint density at radius 3 is 2.15 bits per heavy atom. The van der Waals surface area contributed by atoms with Crippen molar-refractivity contribution in [3.63, 3.8) is 0 Å². The van der Waals surface area contributed by atoms with Crippen LogP contribution in [0.25, 0.3) is 10.8 Å². The first-order valence-corrected chi connectivity index (χ1v) is 10.3. The first kappa shape index (κ1) is 18.2. The average Bonchev–Trinajstić information content (AvgIpc) is 3.48. The van der Waals surface area contributed by atoms with E-state index in [-0.39, 0.29) is 17.5 Å². The molecule has 0 N–H and O–H groups in total. The molecule has 0 bridgehead atoms. The molecule has 1 heterocycles. The molecule has 1 amide bonds. The lowest BCUT2D eigenvalue weighted by Crippen LogP contribution is -2.44. The maximum absolute atomic E-state index is 13.7. The Bertz CT molecular complexity index is 905. The molecule has 0 atom stereocenters. The van der Waals surface area contributed by atoms with Gasteiger partial charge in [0.25, 0.3) is 11.5 Å². The van der Waals surface area contributed by atoms with Crippen molar-refractivity contribution in [3.05, 3.63) is 40.3 Å². The van der Waals surface area contributed by atoms with Gasteiger partial charge in [0.15, 0.2) is 5.69 Å². The second-order valence-corrected chi connectivity index (χ2v) is 8.59. The van der Waals surface area contributed by atoms with Gasteiger partial charge in [-0.05, 0) is 64.4 Å². The molecule has 2 aromatic rings. The Hall–Kier alpha value is -2.17. The van der Waals surface area contributed by atoms with E-state index in [0.717, 1.165) is 31.6 Å². The molecule has 2 saturated carbocycles. The number of carbonyl (C=O) groups is 1. The van der Waals surface area contributed by atoms with Crippen molar-refractivity contribution in [2.75, 3.05) is 0 Å². The minimum Gasteiger partial charge on any atom is -0.331 e. The van der Waals surface area contributed by atoms with Gasteiger partial charge in [-0.1, -0.05) is 25.1 Å². The molecular formula is C22H29N3O2. The Morgan fingerprint density at radius 1 is 1.04 bits per heavy atom. The molecule has 2 aliphatic rings. The molecule has 1 aromatic carbocycles. The Labute approximate surface area is 160 Å². The monoisotopic (exact) mass is 367 g/mol. The number of hydrogen-bond acceptors (Lipinski definition) is 3. The molecule has 0 spiro atoms. The number of amides is 1. The summed E-state index contributed by atoms with van der Waals surface area (Å²) < 4.78 is 1.46. The number of carbonyl (C=O) groups excluding carboxylic acids is 1. The fourth-order valence-electron chi connectivity index (χ4n) is 4.34. The van der Waals surface area contributed by atoms with Crippen LogP contribution >= 0.6 is 0 Å². The van der Waals surface area contributed by atoms with E-state index in [0.29, 0.717) is 28.6 Å². The number of aromatic nitrogens is 2. The number of nitrogens with zero attached hydrogens (tertiary/aromatic N) is 3. The van der Waals surface area contributed by atoms with Crippen molar-refractivity contribution in [1.29, 1.82) is 0 Å². The predicted molar refractivity (Wildman–Crippen MR) is 107 cm³/mol. The van der Waals surface area contributed by atoms with Crippen LogP contribution in [0.15, 0.2) is 29.1 Å². The van der Waals surface area contributed by atoms with Crippen molar-refractivity contribution in [3.8, 4) is 0 Å². The molecule has 2 fully saturated rings. The molecular weight excluding hydrogens is 338 g/mol. The summed E-state index contributed by atoms with van der Waals surface area (Å²) >= 11 is 0. The quantitative estimate of drug-likeness (QED) is 0.815. The van der Waals surface area contributed by atoms with Crippen LogP contribution in [0.4, 0.5) is 0 Å². The first-order chi connectivity index (χ1) is 13.0. The van der Waals surface area contributed by atoms with Gasteiger partial charge in [0.2, 0.25) is 0 Å². The summed E-state index contributed by atoms with van der Waals surface area (Å²) in [4.78, 5) is 28.5. The van der Waals surface area contributed by atoms with Gasteiger partial charge in [0.05, 0.1) is 11.4 Å². The Morgan fingerprint density at radius 2 is 1.59 bits per heavy atom. The molecule has 144 valence electrons. The van der Waals surface area contributed by atoms with E-state index in [1.54, 1.807) is 6.07 Å². The third kappa shape index (κ3) is 3.40. The summed E-state index contributed by atoms with van der Waals surface area (Å²) in [6.45, 7) is 6.16. The molecule has 5 heteroatoms. The van der Waals surface area contributed by atoms with Gasteiger partial charge in [-0.25, -0.2) is 4.68 Å². The topological polar surface area (TPSA) is 55.2 Å². The zero-order valence-electron chi connectivity index (χ0n) is 16.5. The summed E-state index contributed by atoms with van der Waals surface area (Å²) in [6, 6.07) is 7.96. The van der Waals surface area contributed by atoms with E-state index < -0.39 is 0 Å². The number of fused-ring (bicyclic) bond motifs is 1. The van der Waals surface area contributed by atoms with Crippen LogP contribution in [0.5, 0.6) is 0 Å². The summed E-state index contributed by atoms with van der Waals surface area (Å²) in [7, 11) is 0. The van der Waals surface area contributed by atoms with E-state index in [2.05, 4.69) is 16.9 Å². The zero-order valence-corrected chi connectivity index (χ0v) is 16.5. The van der Waals surface area contributed by atoms with Gasteiger partial charge >= 0.3 is 0 Å². The molecule has 5 nitrogen and oxygen atoms in total. The van der Waals surface area contributed by atoms with E-state index in [9.17, 15) is 9.59 Å². The lowest BCUT2D eigenvalue weighted by Gasteiger charge is -2.36. The fraction of sp³-hybridized carbons (Fsp3) is 0.591. The highest BCUT2D eigenvalue weighted by Gasteiger charge is 2.40. The molecule has 0 unspecified atom stereocenters. The first-order valence-electron chi connectivity index (χ1n) is 10.3. The van der Waals surface area contributed by atoms with Gasteiger partial charge < -0.3 is 4.90 Å². The average molecular weight is 367 g/mol. The molecule has 0 saturated heterocycles. The van der Waals surface area contributed by atoms with Crippen LogP contribution in [0, 0.1) is 5.92 Å². The summed E-state index contributed by atoms with van der Waals surface area (Å²) in [5.74, 6) is 0.752. The zero-order chi connectivity index (χ0) is 19.1. The third-order valence-electron chi connectivity index (χ3n) is 6.07. The lowest BCUT2D eigenvalue weighted by atomic mass is 9.86. The SMILES string of the molecule is CC1CCC(N(C(=O)c2nn(C(C)C)c(=O)c3ccccc23)C2CC2)CC1. The minimum atomic E-state index is -0.124. The van der Waals surface area contributed by atoms with Crippen molar-refractivity contribution < 1.29 is 4.79 Å². The Kier molecular flexibility index (Phi) is 4.79. The summed E-state index contributed by atoms with van der Waals surface area (Å²) in [5.41, 5.74) is 0.311. The highest BCUT2D eigenvalue weighted by molar-refractivity contribution is 6.05. The predicted octanol–water partition coefficient (Wildman–Crippen LogP) is 4.16. The van der Waals surface area contributed by atoms with Gasteiger partial charge in [-0.15, -0.1) is 0 Å².